The molecule has 29 heavy (non-hydrogen) atoms. The summed E-state index contributed by atoms with van der Waals surface area (Å²) in [6, 6.07) is 7.02. The van der Waals surface area contributed by atoms with Crippen molar-refractivity contribution < 1.29 is 14.9 Å². The lowest BCUT2D eigenvalue weighted by Crippen LogP contribution is -1.96. The number of hydrogen-bond acceptors (Lipinski definition) is 5. The molecule has 0 fully saturated rings. The van der Waals surface area contributed by atoms with E-state index in [1.807, 2.05) is 18.2 Å². The third-order valence-corrected chi connectivity index (χ3v) is 5.52. The van der Waals surface area contributed by atoms with E-state index < -0.39 is 0 Å². The van der Waals surface area contributed by atoms with Gasteiger partial charge < -0.3 is 14.9 Å². The van der Waals surface area contributed by atoms with Crippen molar-refractivity contribution in [3.05, 3.63) is 29.8 Å². The minimum Gasteiger partial charge on any atom is -0.504 e. The van der Waals surface area contributed by atoms with Crippen LogP contribution in [0.4, 0.5) is 0 Å². The first kappa shape index (κ1) is 21.2. The molecule has 0 radical (unpaired) electrons. The fraction of sp³-hybridized carbons (Fsp3) is 0.500. The summed E-state index contributed by atoms with van der Waals surface area (Å²) in [5.41, 5.74) is 3.39. The number of benzene rings is 2. The summed E-state index contributed by atoms with van der Waals surface area (Å²) >= 11 is 0. The summed E-state index contributed by atoms with van der Waals surface area (Å²) < 4.78 is 5.28. The second kappa shape index (κ2) is 10.3. The summed E-state index contributed by atoms with van der Waals surface area (Å²) in [6.07, 6.45) is 11.8. The number of hydrogen-bond donors (Lipinski definition) is 2. The van der Waals surface area contributed by atoms with E-state index >= 15 is 0 Å². The molecule has 5 heteroatoms. The Hall–Kier alpha value is -2.56. The topological polar surface area (TPSA) is 75.5 Å². The Balaban J connectivity index is 1.70. The van der Waals surface area contributed by atoms with Gasteiger partial charge in [-0.3, -0.25) is 0 Å². The number of rotatable bonds is 11. The van der Waals surface area contributed by atoms with Gasteiger partial charge in [0.2, 0.25) is 0 Å². The summed E-state index contributed by atoms with van der Waals surface area (Å²) in [6.45, 7) is 2.24. The molecule has 5 nitrogen and oxygen atoms in total. The maximum Gasteiger partial charge on any atom is 0.163 e. The molecule has 0 aliphatic rings. The van der Waals surface area contributed by atoms with Gasteiger partial charge in [-0.1, -0.05) is 58.3 Å². The number of nitrogens with zero attached hydrogens (tertiary/aromatic N) is 2. The first-order chi connectivity index (χ1) is 14.1. The van der Waals surface area contributed by atoms with Gasteiger partial charge in [-0.2, -0.15) is 0 Å². The van der Waals surface area contributed by atoms with E-state index in [9.17, 15) is 10.2 Å². The SMILES string of the molecule is CCCCCCCCCCCc1c(O)c(O)cc2nc3ccc(OC)cc3nc12. The Bertz CT molecular complexity index is 956. The molecule has 0 saturated heterocycles. The smallest absolute Gasteiger partial charge is 0.163 e. The molecule has 0 unspecified atom stereocenters. The third kappa shape index (κ3) is 5.28. The fourth-order valence-electron chi connectivity index (χ4n) is 3.81. The van der Waals surface area contributed by atoms with Crippen LogP contribution in [0, 0.1) is 0 Å². The minimum absolute atomic E-state index is 0.0754. The van der Waals surface area contributed by atoms with E-state index in [-0.39, 0.29) is 11.5 Å². The molecule has 0 saturated carbocycles. The normalized spacial score (nSPS) is 11.4. The van der Waals surface area contributed by atoms with E-state index in [1.54, 1.807) is 7.11 Å². The highest BCUT2D eigenvalue weighted by atomic mass is 16.5. The predicted octanol–water partition coefficient (Wildman–Crippen LogP) is 6.28. The quantitative estimate of drug-likeness (QED) is 0.227. The molecule has 0 aliphatic heterocycles. The van der Waals surface area contributed by atoms with E-state index in [0.717, 1.165) is 29.6 Å². The fourth-order valence-corrected chi connectivity index (χ4v) is 3.81. The van der Waals surface area contributed by atoms with Crippen molar-refractivity contribution in [2.45, 2.75) is 71.1 Å². The Morgan fingerprint density at radius 1 is 0.793 bits per heavy atom. The number of unbranched alkanes of at least 4 members (excludes halogenated alkanes) is 8. The van der Waals surface area contributed by atoms with Crippen LogP contribution in [0.25, 0.3) is 22.1 Å². The van der Waals surface area contributed by atoms with Crippen LogP contribution < -0.4 is 4.74 Å². The number of aryl methyl sites for hydroxylation is 1. The van der Waals surface area contributed by atoms with Crippen LogP contribution in [0.3, 0.4) is 0 Å². The van der Waals surface area contributed by atoms with Gasteiger partial charge in [-0.25, -0.2) is 9.97 Å². The second-order valence-corrected chi connectivity index (χ2v) is 7.75. The van der Waals surface area contributed by atoms with Crippen molar-refractivity contribution in [1.29, 1.82) is 0 Å². The van der Waals surface area contributed by atoms with Gasteiger partial charge in [0.1, 0.15) is 5.75 Å². The van der Waals surface area contributed by atoms with E-state index in [0.29, 0.717) is 23.0 Å². The van der Waals surface area contributed by atoms with Crippen molar-refractivity contribution in [2.75, 3.05) is 7.11 Å². The van der Waals surface area contributed by atoms with Crippen LogP contribution in [-0.2, 0) is 6.42 Å². The molecule has 1 aromatic heterocycles. The number of phenolic OH excluding ortho intramolecular Hbond substituents is 2. The maximum atomic E-state index is 10.4. The molecule has 2 N–H and O–H groups in total. The molecule has 2 aromatic carbocycles. The maximum absolute atomic E-state index is 10.4. The highest BCUT2D eigenvalue weighted by molar-refractivity contribution is 5.91. The zero-order valence-electron chi connectivity index (χ0n) is 17.6. The molecule has 0 spiro atoms. The van der Waals surface area contributed by atoms with Crippen molar-refractivity contribution >= 4 is 22.1 Å². The summed E-state index contributed by atoms with van der Waals surface area (Å²) in [5.74, 6) is 0.508. The highest BCUT2D eigenvalue weighted by Gasteiger charge is 2.15. The summed E-state index contributed by atoms with van der Waals surface area (Å²) in [7, 11) is 1.62. The van der Waals surface area contributed by atoms with Gasteiger partial charge in [0.05, 0.1) is 29.2 Å². The van der Waals surface area contributed by atoms with Crippen molar-refractivity contribution in [3.8, 4) is 17.2 Å². The predicted molar refractivity (Wildman–Crippen MR) is 118 cm³/mol. The van der Waals surface area contributed by atoms with Crippen LogP contribution >= 0.6 is 0 Å². The molecule has 0 atom stereocenters. The number of methoxy groups -OCH3 is 1. The Kier molecular flexibility index (Phi) is 7.50. The lowest BCUT2D eigenvalue weighted by molar-refractivity contribution is 0.399. The van der Waals surface area contributed by atoms with Crippen LogP contribution in [-0.4, -0.2) is 27.3 Å². The summed E-state index contributed by atoms with van der Waals surface area (Å²) in [4.78, 5) is 9.35. The van der Waals surface area contributed by atoms with Crippen LogP contribution in [0.5, 0.6) is 17.2 Å². The second-order valence-electron chi connectivity index (χ2n) is 7.75. The highest BCUT2D eigenvalue weighted by Crippen LogP contribution is 2.36. The lowest BCUT2D eigenvalue weighted by atomic mass is 10.0. The number of aromatic hydroxyl groups is 2. The lowest BCUT2D eigenvalue weighted by Gasteiger charge is -2.11. The Morgan fingerprint density at radius 3 is 2.17 bits per heavy atom. The van der Waals surface area contributed by atoms with Crippen molar-refractivity contribution in [3.63, 3.8) is 0 Å². The number of fused-ring (bicyclic) bond motifs is 2. The first-order valence-corrected chi connectivity index (χ1v) is 10.8. The standard InChI is InChI=1S/C24H32N2O3/c1-3-4-5-6-7-8-9-10-11-12-18-23-21(16-22(27)24(18)28)25-19-14-13-17(29-2)15-20(19)26-23/h13-16,27-28H,3-12H2,1-2H3. The van der Waals surface area contributed by atoms with Gasteiger partial charge in [0.25, 0.3) is 0 Å². The molecule has 1 heterocycles. The molecule has 3 aromatic rings. The van der Waals surface area contributed by atoms with Crippen LogP contribution in [0.2, 0.25) is 0 Å². The average molecular weight is 397 g/mol. The molecule has 0 amide bonds. The molecule has 0 aliphatic carbocycles. The molecular weight excluding hydrogens is 364 g/mol. The molecule has 3 rings (SSSR count). The minimum atomic E-state index is -0.134. The largest absolute Gasteiger partial charge is 0.504 e. The monoisotopic (exact) mass is 396 g/mol. The van der Waals surface area contributed by atoms with Crippen LogP contribution in [0.1, 0.15) is 70.3 Å². The zero-order valence-corrected chi connectivity index (χ0v) is 17.6. The molecule has 0 bridgehead atoms. The first-order valence-electron chi connectivity index (χ1n) is 10.8. The molecule has 156 valence electrons. The van der Waals surface area contributed by atoms with Crippen molar-refractivity contribution in [1.82, 2.24) is 9.97 Å². The van der Waals surface area contributed by atoms with Gasteiger partial charge in [0, 0.05) is 17.7 Å². The Labute approximate surface area is 172 Å². The van der Waals surface area contributed by atoms with Gasteiger partial charge in [-0.15, -0.1) is 0 Å². The van der Waals surface area contributed by atoms with Crippen molar-refractivity contribution in [2.24, 2.45) is 0 Å². The molecular formula is C24H32N2O3. The number of aromatic nitrogens is 2. The third-order valence-electron chi connectivity index (χ3n) is 5.52. The zero-order chi connectivity index (χ0) is 20.6. The van der Waals surface area contributed by atoms with E-state index in [4.69, 9.17) is 9.72 Å². The van der Waals surface area contributed by atoms with Crippen LogP contribution in [0.15, 0.2) is 24.3 Å². The average Bonchev–Trinajstić information content (AvgIpc) is 2.73. The number of phenols is 2. The summed E-state index contributed by atoms with van der Waals surface area (Å²) in [5, 5.41) is 20.6. The van der Waals surface area contributed by atoms with Gasteiger partial charge in [-0.05, 0) is 25.0 Å². The van der Waals surface area contributed by atoms with Gasteiger partial charge >= 0.3 is 0 Å². The van der Waals surface area contributed by atoms with E-state index in [2.05, 4.69) is 11.9 Å². The van der Waals surface area contributed by atoms with E-state index in [1.165, 1.54) is 51.0 Å². The Morgan fingerprint density at radius 2 is 1.48 bits per heavy atom. The van der Waals surface area contributed by atoms with Gasteiger partial charge in [0.15, 0.2) is 11.5 Å². The number of ether oxygens (including phenoxy) is 1.